The first-order valence-corrected chi connectivity index (χ1v) is 5.18. The van der Waals surface area contributed by atoms with E-state index in [9.17, 15) is 22.4 Å². The number of hydrogen-bond donors (Lipinski definition) is 1. The first kappa shape index (κ1) is 13.8. The topological polar surface area (TPSA) is 65.2 Å². The Morgan fingerprint density at radius 1 is 1.00 bits per heavy atom. The third-order valence-corrected chi connectivity index (χ3v) is 2.32. The molecule has 0 saturated heterocycles. The number of carbonyl (C=O) groups is 1. The number of hydrogen-bond acceptors (Lipinski definition) is 3. The lowest BCUT2D eigenvalue weighted by Gasteiger charge is -2.08. The van der Waals surface area contributed by atoms with Crippen molar-refractivity contribution in [3.8, 4) is 11.5 Å². The van der Waals surface area contributed by atoms with Gasteiger partial charge in [-0.05, 0) is 24.3 Å². The van der Waals surface area contributed by atoms with Crippen molar-refractivity contribution in [2.45, 2.75) is 0 Å². The minimum atomic E-state index is -1.83. The van der Waals surface area contributed by atoms with E-state index in [1.54, 1.807) is 0 Å². The average molecular weight is 286 g/mol. The molecule has 0 spiro atoms. The zero-order chi connectivity index (χ0) is 14.9. The Morgan fingerprint density at radius 2 is 1.50 bits per heavy atom. The number of benzene rings is 1. The lowest BCUT2D eigenvalue weighted by atomic mass is 10.2. The molecule has 2 rings (SSSR count). The molecule has 0 fully saturated rings. The second kappa shape index (κ2) is 5.16. The Bertz CT molecular complexity index is 648. The number of nitrogens with two attached hydrogens (primary N) is 1. The standard InChI is InChI=1S/C12H6F4N2O2/c13-7-9(8(14)11(16)18-10(7)15)20-6-3-1-5(2-4-6)12(17)19/h1-4H,(H2,17,19). The number of amides is 1. The SMILES string of the molecule is NC(=O)c1ccc(Oc2c(F)c(F)nc(F)c2F)cc1. The van der Waals surface area contributed by atoms with E-state index in [2.05, 4.69) is 4.98 Å². The normalized spacial score (nSPS) is 10.4. The van der Waals surface area contributed by atoms with Gasteiger partial charge in [-0.15, -0.1) is 0 Å². The fourth-order valence-electron chi connectivity index (χ4n) is 1.36. The van der Waals surface area contributed by atoms with Crippen LogP contribution < -0.4 is 10.5 Å². The van der Waals surface area contributed by atoms with Gasteiger partial charge >= 0.3 is 0 Å². The van der Waals surface area contributed by atoms with Crippen LogP contribution in [-0.4, -0.2) is 10.9 Å². The third-order valence-electron chi connectivity index (χ3n) is 2.32. The van der Waals surface area contributed by atoms with Gasteiger partial charge < -0.3 is 10.5 Å². The lowest BCUT2D eigenvalue weighted by molar-refractivity contribution is 0.100. The molecule has 1 amide bonds. The molecule has 0 aliphatic carbocycles. The zero-order valence-corrected chi connectivity index (χ0v) is 9.66. The molecule has 8 heteroatoms. The van der Waals surface area contributed by atoms with Gasteiger partial charge in [0.25, 0.3) is 11.9 Å². The van der Waals surface area contributed by atoms with E-state index < -0.39 is 35.2 Å². The molecule has 20 heavy (non-hydrogen) atoms. The molecule has 104 valence electrons. The monoisotopic (exact) mass is 286 g/mol. The average Bonchev–Trinajstić information content (AvgIpc) is 2.42. The summed E-state index contributed by atoms with van der Waals surface area (Å²) >= 11 is 0. The molecule has 1 aromatic heterocycles. The van der Waals surface area contributed by atoms with Crippen LogP contribution >= 0.6 is 0 Å². The minimum Gasteiger partial charge on any atom is -0.451 e. The smallest absolute Gasteiger partial charge is 0.255 e. The van der Waals surface area contributed by atoms with Crippen molar-refractivity contribution in [3.05, 3.63) is 53.4 Å². The Kier molecular flexibility index (Phi) is 3.55. The molecule has 0 aliphatic heterocycles. The van der Waals surface area contributed by atoms with Crippen molar-refractivity contribution in [1.82, 2.24) is 4.98 Å². The summed E-state index contributed by atoms with van der Waals surface area (Å²) in [6, 6.07) is 4.77. The molecule has 0 unspecified atom stereocenters. The van der Waals surface area contributed by atoms with Gasteiger partial charge in [0.05, 0.1) is 0 Å². The lowest BCUT2D eigenvalue weighted by Crippen LogP contribution is -2.10. The molecule has 0 saturated carbocycles. The minimum absolute atomic E-state index is 0.130. The van der Waals surface area contributed by atoms with Crippen LogP contribution in [0.3, 0.4) is 0 Å². The molecule has 1 heterocycles. The fourth-order valence-corrected chi connectivity index (χ4v) is 1.36. The van der Waals surface area contributed by atoms with Gasteiger partial charge in [-0.25, -0.2) is 0 Å². The highest BCUT2D eigenvalue weighted by atomic mass is 19.2. The number of aromatic nitrogens is 1. The van der Waals surface area contributed by atoms with Gasteiger partial charge in [0.15, 0.2) is 0 Å². The van der Waals surface area contributed by atoms with E-state index in [0.29, 0.717) is 0 Å². The van der Waals surface area contributed by atoms with Crippen LogP contribution in [0.4, 0.5) is 17.6 Å². The van der Waals surface area contributed by atoms with Gasteiger partial charge in [-0.1, -0.05) is 0 Å². The summed E-state index contributed by atoms with van der Waals surface area (Å²) in [5.41, 5.74) is 5.13. The maximum absolute atomic E-state index is 13.3. The van der Waals surface area contributed by atoms with Crippen molar-refractivity contribution in [2.24, 2.45) is 5.73 Å². The Balaban J connectivity index is 2.37. The van der Waals surface area contributed by atoms with Crippen molar-refractivity contribution in [2.75, 3.05) is 0 Å². The van der Waals surface area contributed by atoms with Crippen LogP contribution in [0.2, 0.25) is 0 Å². The third kappa shape index (κ3) is 2.53. The highest BCUT2D eigenvalue weighted by molar-refractivity contribution is 5.92. The molecule has 4 nitrogen and oxygen atoms in total. The van der Waals surface area contributed by atoms with E-state index in [-0.39, 0.29) is 11.3 Å². The molecule has 0 atom stereocenters. The van der Waals surface area contributed by atoms with Crippen molar-refractivity contribution >= 4 is 5.91 Å². The summed E-state index contributed by atoms with van der Waals surface area (Å²) in [5.74, 6) is -9.29. The second-order valence-electron chi connectivity index (χ2n) is 3.64. The number of halogens is 4. The number of rotatable bonds is 3. The Labute approximate surface area is 109 Å². The molecule has 0 aliphatic rings. The molecule has 2 aromatic rings. The molecule has 2 N–H and O–H groups in total. The van der Waals surface area contributed by atoms with Crippen LogP contribution in [0.5, 0.6) is 11.5 Å². The molecular formula is C12H6F4N2O2. The van der Waals surface area contributed by atoms with Gasteiger partial charge in [-0.2, -0.15) is 22.5 Å². The number of primary amides is 1. The highest BCUT2D eigenvalue weighted by Gasteiger charge is 2.22. The van der Waals surface area contributed by atoms with Crippen molar-refractivity contribution < 1.29 is 27.1 Å². The van der Waals surface area contributed by atoms with Crippen molar-refractivity contribution in [3.63, 3.8) is 0 Å². The van der Waals surface area contributed by atoms with Crippen molar-refractivity contribution in [1.29, 1.82) is 0 Å². The van der Waals surface area contributed by atoms with Gasteiger partial charge in [-0.3, -0.25) is 4.79 Å². The first-order chi connectivity index (χ1) is 9.40. The van der Waals surface area contributed by atoms with E-state index in [4.69, 9.17) is 10.5 Å². The summed E-state index contributed by atoms with van der Waals surface area (Å²) in [5, 5.41) is 0. The van der Waals surface area contributed by atoms with Crippen LogP contribution in [0.1, 0.15) is 10.4 Å². The van der Waals surface area contributed by atoms with Gasteiger partial charge in [0.1, 0.15) is 5.75 Å². The number of pyridine rings is 1. The number of nitrogens with zero attached hydrogens (tertiary/aromatic N) is 1. The van der Waals surface area contributed by atoms with E-state index >= 15 is 0 Å². The summed E-state index contributed by atoms with van der Waals surface area (Å²) in [4.78, 5) is 13.2. The summed E-state index contributed by atoms with van der Waals surface area (Å²) in [6.45, 7) is 0. The molecular weight excluding hydrogens is 280 g/mol. The molecule has 0 radical (unpaired) electrons. The summed E-state index contributed by atoms with van der Waals surface area (Å²) < 4.78 is 57.0. The predicted octanol–water partition coefficient (Wildman–Crippen LogP) is 2.53. The van der Waals surface area contributed by atoms with Crippen LogP contribution in [0, 0.1) is 23.5 Å². The highest BCUT2D eigenvalue weighted by Crippen LogP contribution is 2.29. The predicted molar refractivity (Wildman–Crippen MR) is 59.1 cm³/mol. The van der Waals surface area contributed by atoms with E-state index in [0.717, 1.165) is 12.1 Å². The second-order valence-corrected chi connectivity index (χ2v) is 3.64. The first-order valence-electron chi connectivity index (χ1n) is 5.18. The van der Waals surface area contributed by atoms with E-state index in [1.165, 1.54) is 12.1 Å². The molecule has 0 bridgehead atoms. The Morgan fingerprint density at radius 3 is 1.95 bits per heavy atom. The van der Waals surface area contributed by atoms with Crippen LogP contribution in [-0.2, 0) is 0 Å². The largest absolute Gasteiger partial charge is 0.451 e. The van der Waals surface area contributed by atoms with Crippen LogP contribution in [0.25, 0.3) is 0 Å². The number of carbonyl (C=O) groups excluding carboxylic acids is 1. The van der Waals surface area contributed by atoms with E-state index in [1.807, 2.05) is 0 Å². The van der Waals surface area contributed by atoms with Crippen LogP contribution in [0.15, 0.2) is 24.3 Å². The summed E-state index contributed by atoms with van der Waals surface area (Å²) in [6.07, 6.45) is 0. The maximum atomic E-state index is 13.3. The summed E-state index contributed by atoms with van der Waals surface area (Å²) in [7, 11) is 0. The van der Waals surface area contributed by atoms with Gasteiger partial charge in [0.2, 0.25) is 23.3 Å². The quantitative estimate of drug-likeness (QED) is 0.696. The molecule has 1 aromatic carbocycles. The Hall–Kier alpha value is -2.64. The zero-order valence-electron chi connectivity index (χ0n) is 9.66. The van der Waals surface area contributed by atoms with Gasteiger partial charge in [0, 0.05) is 5.56 Å². The maximum Gasteiger partial charge on any atom is 0.255 e. The fraction of sp³-hybridized carbons (Fsp3) is 0. The number of ether oxygens (including phenoxy) is 1.